The van der Waals surface area contributed by atoms with Crippen molar-refractivity contribution in [3.63, 3.8) is 0 Å². The zero-order valence-corrected chi connectivity index (χ0v) is 14.4. The van der Waals surface area contributed by atoms with Crippen LogP contribution in [0.4, 0.5) is 0 Å². The molecule has 0 spiro atoms. The molecule has 1 aliphatic heterocycles. The molecule has 2 atom stereocenters. The van der Waals surface area contributed by atoms with Crippen LogP contribution in [0.25, 0.3) is 0 Å². The van der Waals surface area contributed by atoms with E-state index in [1.54, 1.807) is 28.8 Å². The SMILES string of the molecule is CSCCC1C(=O)OC(C(C)(C)C)N1C(=O)c1ccccc1. The highest BCUT2D eigenvalue weighted by Gasteiger charge is 2.49. The van der Waals surface area contributed by atoms with Gasteiger partial charge in [-0.25, -0.2) is 4.79 Å². The fourth-order valence-corrected chi connectivity index (χ4v) is 3.04. The Morgan fingerprint density at radius 3 is 2.45 bits per heavy atom. The quantitative estimate of drug-likeness (QED) is 0.799. The average molecular weight is 321 g/mol. The van der Waals surface area contributed by atoms with Gasteiger partial charge in [0.2, 0.25) is 0 Å². The molecule has 1 aromatic rings. The van der Waals surface area contributed by atoms with E-state index in [-0.39, 0.29) is 17.3 Å². The first kappa shape index (κ1) is 16.9. The van der Waals surface area contributed by atoms with Crippen LogP contribution in [-0.2, 0) is 9.53 Å². The summed E-state index contributed by atoms with van der Waals surface area (Å²) in [5, 5.41) is 0. The van der Waals surface area contributed by atoms with E-state index >= 15 is 0 Å². The molecule has 2 rings (SSSR count). The molecule has 2 unspecified atom stereocenters. The number of esters is 1. The van der Waals surface area contributed by atoms with Crippen molar-refractivity contribution in [2.75, 3.05) is 12.0 Å². The maximum atomic E-state index is 12.9. The Balaban J connectivity index is 2.34. The molecule has 1 aliphatic rings. The summed E-state index contributed by atoms with van der Waals surface area (Å²) in [5.41, 5.74) is 0.262. The molecule has 0 saturated carbocycles. The predicted octanol–water partition coefficient (Wildman–Crippen LogP) is 3.18. The predicted molar refractivity (Wildman–Crippen MR) is 88.7 cm³/mol. The van der Waals surface area contributed by atoms with Crippen LogP contribution >= 0.6 is 11.8 Å². The monoisotopic (exact) mass is 321 g/mol. The summed E-state index contributed by atoms with van der Waals surface area (Å²) in [7, 11) is 0. The summed E-state index contributed by atoms with van der Waals surface area (Å²) in [6, 6.07) is 8.58. The van der Waals surface area contributed by atoms with Crippen molar-refractivity contribution < 1.29 is 14.3 Å². The van der Waals surface area contributed by atoms with E-state index in [9.17, 15) is 9.59 Å². The van der Waals surface area contributed by atoms with Gasteiger partial charge in [0.1, 0.15) is 6.04 Å². The smallest absolute Gasteiger partial charge is 0.330 e. The van der Waals surface area contributed by atoms with Gasteiger partial charge in [-0.2, -0.15) is 11.8 Å². The lowest BCUT2D eigenvalue weighted by atomic mass is 9.92. The minimum atomic E-state index is -0.528. The van der Waals surface area contributed by atoms with Crippen LogP contribution in [0, 0.1) is 5.41 Å². The van der Waals surface area contributed by atoms with Crippen LogP contribution in [0.1, 0.15) is 37.6 Å². The molecular weight excluding hydrogens is 298 g/mol. The lowest BCUT2D eigenvalue weighted by Crippen LogP contribution is -2.48. The molecule has 0 bridgehead atoms. The molecule has 1 saturated heterocycles. The standard InChI is InChI=1S/C17H23NO3S/c1-17(2,3)16-18(13(10-11-22-4)15(20)21-16)14(19)12-8-6-5-7-9-12/h5-9,13,16H,10-11H2,1-4H3. The van der Waals surface area contributed by atoms with Gasteiger partial charge in [0, 0.05) is 11.0 Å². The van der Waals surface area contributed by atoms with Crippen molar-refractivity contribution in [1.82, 2.24) is 4.90 Å². The molecule has 0 radical (unpaired) electrons. The number of cyclic esters (lactones) is 1. The number of hydrogen-bond donors (Lipinski definition) is 0. The van der Waals surface area contributed by atoms with Crippen molar-refractivity contribution in [1.29, 1.82) is 0 Å². The second kappa shape index (κ2) is 6.73. The second-order valence-electron chi connectivity index (χ2n) is 6.53. The van der Waals surface area contributed by atoms with E-state index in [1.165, 1.54) is 0 Å². The van der Waals surface area contributed by atoms with Gasteiger partial charge in [0.25, 0.3) is 5.91 Å². The third-order valence-electron chi connectivity index (χ3n) is 3.68. The van der Waals surface area contributed by atoms with Crippen molar-refractivity contribution in [2.45, 2.75) is 39.5 Å². The zero-order valence-electron chi connectivity index (χ0n) is 13.5. The van der Waals surface area contributed by atoms with E-state index in [0.717, 1.165) is 5.75 Å². The summed E-state index contributed by atoms with van der Waals surface area (Å²) in [5.74, 6) is 0.380. The van der Waals surface area contributed by atoms with Crippen LogP contribution in [0.15, 0.2) is 30.3 Å². The molecule has 1 fully saturated rings. The minimum absolute atomic E-state index is 0.141. The van der Waals surface area contributed by atoms with Gasteiger partial charge in [-0.15, -0.1) is 0 Å². The molecule has 0 aromatic heterocycles. The summed E-state index contributed by atoms with van der Waals surface area (Å²) in [4.78, 5) is 26.8. The highest BCUT2D eigenvalue weighted by Crippen LogP contribution is 2.35. The van der Waals surface area contributed by atoms with Gasteiger partial charge >= 0.3 is 5.97 Å². The Hall–Kier alpha value is -1.49. The Morgan fingerprint density at radius 2 is 1.91 bits per heavy atom. The second-order valence-corrected chi connectivity index (χ2v) is 7.52. The van der Waals surface area contributed by atoms with Gasteiger partial charge in [0.15, 0.2) is 6.23 Å². The van der Waals surface area contributed by atoms with Gasteiger partial charge in [-0.3, -0.25) is 9.69 Å². The van der Waals surface area contributed by atoms with E-state index in [2.05, 4.69) is 0 Å². The van der Waals surface area contributed by atoms with Crippen LogP contribution in [0.3, 0.4) is 0 Å². The summed E-state index contributed by atoms with van der Waals surface area (Å²) in [6.45, 7) is 5.94. The van der Waals surface area contributed by atoms with E-state index in [0.29, 0.717) is 12.0 Å². The normalized spacial score (nSPS) is 21.8. The first-order valence-electron chi connectivity index (χ1n) is 7.43. The molecule has 1 aromatic carbocycles. The number of thioether (sulfide) groups is 1. The number of nitrogens with zero attached hydrogens (tertiary/aromatic N) is 1. The molecule has 1 heterocycles. The molecule has 4 nitrogen and oxygen atoms in total. The maximum Gasteiger partial charge on any atom is 0.330 e. The summed E-state index contributed by atoms with van der Waals surface area (Å²) < 4.78 is 5.55. The fourth-order valence-electron chi connectivity index (χ4n) is 2.58. The number of carbonyl (C=O) groups is 2. The number of ether oxygens (including phenoxy) is 1. The van der Waals surface area contributed by atoms with Crippen LogP contribution < -0.4 is 0 Å². The number of benzene rings is 1. The highest BCUT2D eigenvalue weighted by atomic mass is 32.2. The molecule has 0 N–H and O–H groups in total. The number of rotatable bonds is 4. The van der Waals surface area contributed by atoms with Crippen LogP contribution in [-0.4, -0.2) is 41.1 Å². The van der Waals surface area contributed by atoms with Crippen LogP contribution in [0.5, 0.6) is 0 Å². The lowest BCUT2D eigenvalue weighted by molar-refractivity contribution is -0.147. The Bertz CT molecular complexity index is 539. The van der Waals surface area contributed by atoms with Crippen LogP contribution in [0.2, 0.25) is 0 Å². The van der Waals surface area contributed by atoms with Gasteiger partial charge in [-0.1, -0.05) is 39.0 Å². The number of amides is 1. The molecule has 5 heteroatoms. The Kier molecular flexibility index (Phi) is 5.16. The largest absolute Gasteiger partial charge is 0.439 e. The highest BCUT2D eigenvalue weighted by molar-refractivity contribution is 7.98. The Morgan fingerprint density at radius 1 is 1.27 bits per heavy atom. The molecule has 120 valence electrons. The van der Waals surface area contributed by atoms with E-state index in [1.807, 2.05) is 45.2 Å². The zero-order chi connectivity index (χ0) is 16.3. The first-order valence-corrected chi connectivity index (χ1v) is 8.83. The third kappa shape index (κ3) is 3.46. The molecule has 22 heavy (non-hydrogen) atoms. The first-order chi connectivity index (χ1) is 10.4. The number of hydrogen-bond acceptors (Lipinski definition) is 4. The van der Waals surface area contributed by atoms with Gasteiger partial charge in [0.05, 0.1) is 0 Å². The van der Waals surface area contributed by atoms with Crippen molar-refractivity contribution in [3.05, 3.63) is 35.9 Å². The Labute approximate surface area is 136 Å². The topological polar surface area (TPSA) is 46.6 Å². The van der Waals surface area contributed by atoms with Crippen molar-refractivity contribution in [2.24, 2.45) is 5.41 Å². The fraction of sp³-hybridized carbons (Fsp3) is 0.529. The number of carbonyl (C=O) groups excluding carboxylic acids is 2. The molecule has 0 aliphatic carbocycles. The average Bonchev–Trinajstić information content (AvgIpc) is 2.82. The maximum absolute atomic E-state index is 12.9. The third-order valence-corrected chi connectivity index (χ3v) is 4.32. The van der Waals surface area contributed by atoms with Gasteiger partial charge < -0.3 is 4.74 Å². The van der Waals surface area contributed by atoms with E-state index in [4.69, 9.17) is 4.74 Å². The van der Waals surface area contributed by atoms with Crippen molar-refractivity contribution >= 4 is 23.6 Å². The van der Waals surface area contributed by atoms with E-state index < -0.39 is 12.3 Å². The summed E-state index contributed by atoms with van der Waals surface area (Å²) in [6.07, 6.45) is 2.08. The van der Waals surface area contributed by atoms with Crippen molar-refractivity contribution in [3.8, 4) is 0 Å². The van der Waals surface area contributed by atoms with Gasteiger partial charge in [-0.05, 0) is 30.6 Å². The molecule has 1 amide bonds. The lowest BCUT2D eigenvalue weighted by Gasteiger charge is -2.34. The molecular formula is C17H23NO3S. The minimum Gasteiger partial charge on any atom is -0.439 e. The summed E-state index contributed by atoms with van der Waals surface area (Å²) >= 11 is 1.66.